The number of nitrogens with one attached hydrogen (secondary N) is 1. The molecule has 0 spiro atoms. The maximum atomic E-state index is 14.6. The van der Waals surface area contributed by atoms with Crippen LogP contribution in [0.4, 0.5) is 10.2 Å². The van der Waals surface area contributed by atoms with Gasteiger partial charge < -0.3 is 10.2 Å². The molecular weight excluding hydrogens is 419 g/mol. The number of carbonyl (C=O) groups is 1. The number of benzene rings is 1. The Labute approximate surface area is 183 Å². The van der Waals surface area contributed by atoms with Gasteiger partial charge in [-0.3, -0.25) is 4.79 Å². The van der Waals surface area contributed by atoms with Gasteiger partial charge in [-0.2, -0.15) is 0 Å². The van der Waals surface area contributed by atoms with Crippen molar-refractivity contribution in [2.45, 2.75) is 50.7 Å². The van der Waals surface area contributed by atoms with Crippen LogP contribution < -0.4 is 10.2 Å². The minimum Gasteiger partial charge on any atom is -0.359 e. The van der Waals surface area contributed by atoms with Gasteiger partial charge in [0.2, 0.25) is 20.9 Å². The summed E-state index contributed by atoms with van der Waals surface area (Å²) in [5.41, 5.74) is 1.27. The molecule has 2 heterocycles. The van der Waals surface area contributed by atoms with E-state index >= 15 is 0 Å². The summed E-state index contributed by atoms with van der Waals surface area (Å²) in [5, 5.41) is 2.33. The van der Waals surface area contributed by atoms with Gasteiger partial charge in [-0.25, -0.2) is 22.8 Å². The van der Waals surface area contributed by atoms with Crippen LogP contribution in [0.25, 0.3) is 11.3 Å². The van der Waals surface area contributed by atoms with Crippen molar-refractivity contribution in [2.75, 3.05) is 24.7 Å². The van der Waals surface area contributed by atoms with E-state index in [1.165, 1.54) is 6.07 Å². The van der Waals surface area contributed by atoms with E-state index < -0.39 is 15.7 Å². The molecule has 1 unspecified atom stereocenters. The lowest BCUT2D eigenvalue weighted by Gasteiger charge is -2.38. The molecular formula is C22H29FN4O3S. The van der Waals surface area contributed by atoms with Gasteiger partial charge in [0, 0.05) is 43.4 Å². The second kappa shape index (κ2) is 9.30. The highest BCUT2D eigenvalue weighted by atomic mass is 32.2. The fourth-order valence-corrected chi connectivity index (χ4v) is 4.54. The van der Waals surface area contributed by atoms with Crippen LogP contribution >= 0.6 is 0 Å². The summed E-state index contributed by atoms with van der Waals surface area (Å²) in [6, 6.07) is 6.05. The Morgan fingerprint density at radius 2 is 1.97 bits per heavy atom. The van der Waals surface area contributed by atoms with Gasteiger partial charge in [-0.15, -0.1) is 0 Å². The fraction of sp³-hybridized carbons (Fsp3) is 0.500. The van der Waals surface area contributed by atoms with E-state index in [9.17, 15) is 17.6 Å². The topological polar surface area (TPSA) is 92.3 Å². The maximum Gasteiger partial charge on any atom is 0.249 e. The number of hydrogen-bond acceptors (Lipinski definition) is 6. The fourth-order valence-electron chi connectivity index (χ4n) is 4.03. The lowest BCUT2D eigenvalue weighted by Crippen LogP contribution is -2.43. The second-order valence-electron chi connectivity index (χ2n) is 8.37. The Hall–Kier alpha value is -2.55. The third-order valence-electron chi connectivity index (χ3n) is 5.41. The zero-order valence-corrected chi connectivity index (χ0v) is 19.2. The van der Waals surface area contributed by atoms with Gasteiger partial charge in [0.1, 0.15) is 11.6 Å². The Morgan fingerprint density at radius 3 is 2.58 bits per heavy atom. The molecule has 168 valence electrons. The smallest absolute Gasteiger partial charge is 0.249 e. The van der Waals surface area contributed by atoms with E-state index in [1.807, 2.05) is 4.90 Å². The first-order chi connectivity index (χ1) is 14.6. The van der Waals surface area contributed by atoms with E-state index in [0.717, 1.165) is 24.7 Å². The number of rotatable bonds is 7. The number of nitrogens with zero attached hydrogens (tertiary/aromatic N) is 3. The molecule has 1 N–H and O–H groups in total. The molecule has 2 aromatic rings. The van der Waals surface area contributed by atoms with Crippen molar-refractivity contribution in [1.82, 2.24) is 15.3 Å². The van der Waals surface area contributed by atoms with Crippen LogP contribution in [0.3, 0.4) is 0 Å². The summed E-state index contributed by atoms with van der Waals surface area (Å²) in [7, 11) is -2.13. The molecule has 1 atom stereocenters. The molecule has 7 nitrogen and oxygen atoms in total. The number of anilines is 1. The van der Waals surface area contributed by atoms with E-state index in [4.69, 9.17) is 0 Å². The predicted octanol–water partition coefficient (Wildman–Crippen LogP) is 2.99. The predicted molar refractivity (Wildman–Crippen MR) is 118 cm³/mol. The molecule has 1 aliphatic rings. The number of fused-ring (bicyclic) bond motifs is 1. The molecule has 1 amide bonds. The number of carbonyl (C=O) groups excluding carboxylic acids is 1. The van der Waals surface area contributed by atoms with Crippen molar-refractivity contribution < 1.29 is 17.6 Å². The molecule has 0 fully saturated rings. The van der Waals surface area contributed by atoms with Crippen LogP contribution in [0.1, 0.15) is 38.7 Å². The number of hydrogen-bond donors (Lipinski definition) is 1. The molecule has 1 aromatic heterocycles. The minimum atomic E-state index is -3.73. The van der Waals surface area contributed by atoms with Crippen molar-refractivity contribution in [2.24, 2.45) is 5.92 Å². The molecule has 0 saturated carbocycles. The molecule has 1 aliphatic heterocycles. The van der Waals surface area contributed by atoms with Gasteiger partial charge in [0.15, 0.2) is 0 Å². The SMILES string of the molecule is CNC(=O)CC(CC(C)C)N1CCCc2c(-c3ccccc3F)nc(S(C)(=O)=O)nc21. The van der Waals surface area contributed by atoms with Gasteiger partial charge in [0.25, 0.3) is 0 Å². The Bertz CT molecular complexity index is 1070. The molecule has 0 radical (unpaired) electrons. The Morgan fingerprint density at radius 1 is 1.26 bits per heavy atom. The molecule has 9 heteroatoms. The largest absolute Gasteiger partial charge is 0.359 e. The summed E-state index contributed by atoms with van der Waals surface area (Å²) in [6.07, 6.45) is 3.43. The highest BCUT2D eigenvalue weighted by Gasteiger charge is 2.32. The zero-order chi connectivity index (χ0) is 22.8. The van der Waals surface area contributed by atoms with Crippen LogP contribution in [0.2, 0.25) is 0 Å². The van der Waals surface area contributed by atoms with Gasteiger partial charge in [-0.05, 0) is 37.3 Å². The van der Waals surface area contributed by atoms with E-state index in [-0.39, 0.29) is 29.1 Å². The van der Waals surface area contributed by atoms with Gasteiger partial charge in [-0.1, -0.05) is 26.0 Å². The van der Waals surface area contributed by atoms with E-state index in [2.05, 4.69) is 29.1 Å². The highest BCUT2D eigenvalue weighted by molar-refractivity contribution is 7.90. The molecule has 1 aromatic carbocycles. The van der Waals surface area contributed by atoms with Crippen LogP contribution in [0.5, 0.6) is 0 Å². The Balaban J connectivity index is 2.21. The van der Waals surface area contributed by atoms with Crippen molar-refractivity contribution in [3.8, 4) is 11.3 Å². The number of aromatic nitrogens is 2. The molecule has 3 rings (SSSR count). The normalized spacial score (nSPS) is 15.0. The maximum absolute atomic E-state index is 14.6. The van der Waals surface area contributed by atoms with Crippen molar-refractivity contribution >= 4 is 21.6 Å². The third-order valence-corrected chi connectivity index (χ3v) is 6.25. The Kier molecular flexibility index (Phi) is 6.93. The molecule has 31 heavy (non-hydrogen) atoms. The first-order valence-corrected chi connectivity index (χ1v) is 12.3. The minimum absolute atomic E-state index is 0.0931. The first-order valence-electron chi connectivity index (χ1n) is 10.4. The summed E-state index contributed by atoms with van der Waals surface area (Å²) in [6.45, 7) is 4.79. The van der Waals surface area contributed by atoms with Gasteiger partial charge >= 0.3 is 0 Å². The lowest BCUT2D eigenvalue weighted by atomic mass is 9.94. The number of amides is 1. The molecule has 0 bridgehead atoms. The monoisotopic (exact) mass is 448 g/mol. The van der Waals surface area contributed by atoms with Crippen molar-refractivity contribution in [3.05, 3.63) is 35.6 Å². The summed E-state index contributed by atoms with van der Waals surface area (Å²) < 4.78 is 39.4. The molecule has 0 saturated heterocycles. The van der Waals surface area contributed by atoms with Crippen LogP contribution in [-0.4, -0.2) is 50.2 Å². The summed E-state index contributed by atoms with van der Waals surface area (Å²) in [5.74, 6) is 0.241. The van der Waals surface area contributed by atoms with E-state index in [0.29, 0.717) is 30.4 Å². The van der Waals surface area contributed by atoms with Crippen molar-refractivity contribution in [1.29, 1.82) is 0 Å². The average Bonchev–Trinajstić information content (AvgIpc) is 2.71. The van der Waals surface area contributed by atoms with Gasteiger partial charge in [0.05, 0.1) is 5.69 Å². The average molecular weight is 449 g/mol. The standard InChI is InChI=1S/C22H29FN4O3S/c1-14(2)12-15(13-19(28)24-3)27-11-7-9-17-20(16-8-5-6-10-18(16)23)25-22(26-21(17)27)31(4,29)30/h5-6,8,10,14-15H,7,9,11-13H2,1-4H3,(H,24,28). The van der Waals surface area contributed by atoms with E-state index in [1.54, 1.807) is 25.2 Å². The summed E-state index contributed by atoms with van der Waals surface area (Å²) in [4.78, 5) is 22.9. The third kappa shape index (κ3) is 5.20. The number of halogens is 1. The van der Waals surface area contributed by atoms with Crippen LogP contribution in [0.15, 0.2) is 29.4 Å². The quantitative estimate of drug-likeness (QED) is 0.655. The van der Waals surface area contributed by atoms with Crippen LogP contribution in [0, 0.1) is 11.7 Å². The van der Waals surface area contributed by atoms with Crippen LogP contribution in [-0.2, 0) is 21.1 Å². The molecule has 0 aliphatic carbocycles. The zero-order valence-electron chi connectivity index (χ0n) is 18.4. The summed E-state index contributed by atoms with van der Waals surface area (Å²) >= 11 is 0. The lowest BCUT2D eigenvalue weighted by molar-refractivity contribution is -0.121. The van der Waals surface area contributed by atoms with Crippen molar-refractivity contribution in [3.63, 3.8) is 0 Å². The highest BCUT2D eigenvalue weighted by Crippen LogP contribution is 2.37. The first kappa shape index (κ1) is 23.1. The second-order valence-corrected chi connectivity index (χ2v) is 10.3. The number of sulfone groups is 1.